The van der Waals surface area contributed by atoms with Crippen molar-refractivity contribution in [1.82, 2.24) is 10.3 Å². The minimum Gasteiger partial charge on any atom is -0.313 e. The Morgan fingerprint density at radius 2 is 1.90 bits per heavy atom. The minimum atomic E-state index is 0.851. The van der Waals surface area contributed by atoms with Gasteiger partial charge in [-0.05, 0) is 35.9 Å². The van der Waals surface area contributed by atoms with E-state index in [2.05, 4.69) is 48.4 Å². The second kappa shape index (κ2) is 8.78. The van der Waals surface area contributed by atoms with Gasteiger partial charge in [-0.15, -0.1) is 0 Å². The van der Waals surface area contributed by atoms with Crippen LogP contribution in [-0.2, 0) is 6.54 Å². The van der Waals surface area contributed by atoms with E-state index in [1.54, 1.807) is 0 Å². The smallest absolute Gasteiger partial charge is 0.0346 e. The van der Waals surface area contributed by atoms with Crippen molar-refractivity contribution in [3.8, 4) is 0 Å². The molecule has 114 valence electrons. The lowest BCUT2D eigenvalue weighted by atomic mass is 10.0. The maximum atomic E-state index is 4.18. The summed E-state index contributed by atoms with van der Waals surface area (Å²) >= 11 is 0. The number of hydrogen-bond acceptors (Lipinski definition) is 2. The van der Waals surface area contributed by atoms with Crippen LogP contribution in [0.2, 0.25) is 0 Å². The monoisotopic (exact) mass is 284 g/mol. The molecule has 2 rings (SSSR count). The molecular weight excluding hydrogens is 256 g/mol. The number of unbranched alkanes of at least 4 members (excludes halogenated alkanes) is 3. The highest BCUT2D eigenvalue weighted by Gasteiger charge is 2.00. The number of fused-ring (bicyclic) bond motifs is 1. The largest absolute Gasteiger partial charge is 0.313 e. The van der Waals surface area contributed by atoms with E-state index in [4.69, 9.17) is 0 Å². The summed E-state index contributed by atoms with van der Waals surface area (Å²) in [4.78, 5) is 4.18. The highest BCUT2D eigenvalue weighted by molar-refractivity contribution is 5.84. The molecule has 0 atom stereocenters. The Balaban J connectivity index is 1.66. The van der Waals surface area contributed by atoms with Gasteiger partial charge in [0.2, 0.25) is 0 Å². The third-order valence-corrected chi connectivity index (χ3v) is 3.97. The molecule has 1 heterocycles. The summed E-state index contributed by atoms with van der Waals surface area (Å²) in [7, 11) is 0. The standard InChI is InChI=1S/C19H28N2/c1-16(2)8-5-3-4-6-12-20-14-17-9-7-10-18-15-21-13-11-19(17)18/h7,9-11,13,15-16,20H,3-6,8,12,14H2,1-2H3. The van der Waals surface area contributed by atoms with Crippen LogP contribution in [0, 0.1) is 5.92 Å². The van der Waals surface area contributed by atoms with Crippen molar-refractivity contribution < 1.29 is 0 Å². The van der Waals surface area contributed by atoms with Crippen molar-refractivity contribution in [3.63, 3.8) is 0 Å². The zero-order valence-corrected chi connectivity index (χ0v) is 13.4. The normalized spacial score (nSPS) is 11.4. The first kappa shape index (κ1) is 16.0. The number of hydrogen-bond donors (Lipinski definition) is 1. The van der Waals surface area contributed by atoms with Gasteiger partial charge in [0.15, 0.2) is 0 Å². The van der Waals surface area contributed by atoms with Gasteiger partial charge in [0.25, 0.3) is 0 Å². The van der Waals surface area contributed by atoms with Crippen molar-refractivity contribution >= 4 is 10.8 Å². The number of pyridine rings is 1. The Morgan fingerprint density at radius 3 is 2.76 bits per heavy atom. The molecule has 1 aromatic carbocycles. The molecule has 0 saturated carbocycles. The molecule has 0 fully saturated rings. The van der Waals surface area contributed by atoms with Gasteiger partial charge in [0.1, 0.15) is 0 Å². The molecule has 0 aliphatic carbocycles. The van der Waals surface area contributed by atoms with Crippen LogP contribution in [0.5, 0.6) is 0 Å². The molecule has 0 aliphatic heterocycles. The van der Waals surface area contributed by atoms with Crippen LogP contribution >= 0.6 is 0 Å². The zero-order chi connectivity index (χ0) is 14.9. The molecule has 0 amide bonds. The summed E-state index contributed by atoms with van der Waals surface area (Å²) in [5.74, 6) is 0.851. The number of aromatic nitrogens is 1. The SMILES string of the molecule is CC(C)CCCCCCNCc1cccc2cnccc12. The second-order valence-electron chi connectivity index (χ2n) is 6.29. The lowest BCUT2D eigenvalue weighted by molar-refractivity contribution is 0.512. The van der Waals surface area contributed by atoms with Gasteiger partial charge in [-0.1, -0.05) is 57.7 Å². The third kappa shape index (κ3) is 5.47. The average molecular weight is 284 g/mol. The summed E-state index contributed by atoms with van der Waals surface area (Å²) in [6.07, 6.45) is 10.6. The molecule has 0 saturated heterocycles. The van der Waals surface area contributed by atoms with Crippen molar-refractivity contribution in [2.75, 3.05) is 6.54 Å². The van der Waals surface area contributed by atoms with Crippen LogP contribution in [0.1, 0.15) is 51.5 Å². The van der Waals surface area contributed by atoms with Gasteiger partial charge >= 0.3 is 0 Å². The van der Waals surface area contributed by atoms with E-state index in [9.17, 15) is 0 Å². The highest BCUT2D eigenvalue weighted by Crippen LogP contribution is 2.17. The summed E-state index contributed by atoms with van der Waals surface area (Å²) in [5, 5.41) is 6.12. The molecule has 0 unspecified atom stereocenters. The Labute approximate surface area is 129 Å². The van der Waals surface area contributed by atoms with E-state index >= 15 is 0 Å². The van der Waals surface area contributed by atoms with Crippen LogP contribution in [0.25, 0.3) is 10.8 Å². The van der Waals surface area contributed by atoms with E-state index in [0.29, 0.717) is 0 Å². The molecule has 2 aromatic rings. The Bertz CT molecular complexity index is 529. The predicted octanol–water partition coefficient (Wildman–Crippen LogP) is 4.93. The Hall–Kier alpha value is -1.41. The maximum absolute atomic E-state index is 4.18. The fraction of sp³-hybridized carbons (Fsp3) is 0.526. The average Bonchev–Trinajstić information content (AvgIpc) is 2.50. The summed E-state index contributed by atoms with van der Waals surface area (Å²) in [5.41, 5.74) is 1.37. The molecule has 1 N–H and O–H groups in total. The van der Waals surface area contributed by atoms with Crippen LogP contribution < -0.4 is 5.32 Å². The first-order valence-corrected chi connectivity index (χ1v) is 8.29. The van der Waals surface area contributed by atoms with E-state index in [-0.39, 0.29) is 0 Å². The van der Waals surface area contributed by atoms with Crippen molar-refractivity contribution in [1.29, 1.82) is 0 Å². The van der Waals surface area contributed by atoms with Crippen LogP contribution in [-0.4, -0.2) is 11.5 Å². The summed E-state index contributed by atoms with van der Waals surface area (Å²) < 4.78 is 0. The van der Waals surface area contributed by atoms with E-state index < -0.39 is 0 Å². The van der Waals surface area contributed by atoms with Crippen LogP contribution in [0.15, 0.2) is 36.7 Å². The van der Waals surface area contributed by atoms with Crippen molar-refractivity contribution in [2.24, 2.45) is 5.92 Å². The van der Waals surface area contributed by atoms with Gasteiger partial charge in [0.05, 0.1) is 0 Å². The van der Waals surface area contributed by atoms with Crippen LogP contribution in [0.3, 0.4) is 0 Å². The van der Waals surface area contributed by atoms with Gasteiger partial charge < -0.3 is 5.32 Å². The fourth-order valence-corrected chi connectivity index (χ4v) is 2.72. The Morgan fingerprint density at radius 1 is 1.05 bits per heavy atom. The van der Waals surface area contributed by atoms with Gasteiger partial charge in [0, 0.05) is 24.3 Å². The van der Waals surface area contributed by atoms with E-state index in [1.165, 1.54) is 48.4 Å². The van der Waals surface area contributed by atoms with E-state index in [0.717, 1.165) is 19.0 Å². The lowest BCUT2D eigenvalue weighted by Crippen LogP contribution is -2.14. The van der Waals surface area contributed by atoms with Crippen molar-refractivity contribution in [2.45, 2.75) is 52.5 Å². The maximum Gasteiger partial charge on any atom is 0.0346 e. The first-order valence-electron chi connectivity index (χ1n) is 8.29. The van der Waals surface area contributed by atoms with Gasteiger partial charge in [-0.3, -0.25) is 4.98 Å². The third-order valence-electron chi connectivity index (χ3n) is 3.97. The lowest BCUT2D eigenvalue weighted by Gasteiger charge is -2.08. The van der Waals surface area contributed by atoms with Crippen molar-refractivity contribution in [3.05, 3.63) is 42.2 Å². The first-order chi connectivity index (χ1) is 10.3. The van der Waals surface area contributed by atoms with E-state index in [1.807, 2.05) is 12.4 Å². The number of nitrogens with one attached hydrogen (secondary N) is 1. The summed E-state index contributed by atoms with van der Waals surface area (Å²) in [6.45, 7) is 6.68. The molecular formula is C19H28N2. The highest BCUT2D eigenvalue weighted by atomic mass is 14.8. The predicted molar refractivity (Wildman–Crippen MR) is 91.4 cm³/mol. The molecule has 0 radical (unpaired) electrons. The molecule has 21 heavy (non-hydrogen) atoms. The number of benzene rings is 1. The minimum absolute atomic E-state index is 0.851. The molecule has 0 bridgehead atoms. The molecule has 1 aromatic heterocycles. The zero-order valence-electron chi connectivity index (χ0n) is 13.4. The van der Waals surface area contributed by atoms with Crippen LogP contribution in [0.4, 0.5) is 0 Å². The number of nitrogens with zero attached hydrogens (tertiary/aromatic N) is 1. The molecule has 2 heteroatoms. The number of rotatable bonds is 9. The Kier molecular flexibility index (Phi) is 6.68. The van der Waals surface area contributed by atoms with Gasteiger partial charge in [-0.25, -0.2) is 0 Å². The second-order valence-corrected chi connectivity index (χ2v) is 6.29. The molecule has 2 nitrogen and oxygen atoms in total. The van der Waals surface area contributed by atoms with Gasteiger partial charge in [-0.2, -0.15) is 0 Å². The summed E-state index contributed by atoms with van der Waals surface area (Å²) in [6, 6.07) is 8.56. The quantitative estimate of drug-likeness (QED) is 0.660. The fourth-order valence-electron chi connectivity index (χ4n) is 2.72. The molecule has 0 aliphatic rings. The molecule has 0 spiro atoms. The topological polar surface area (TPSA) is 24.9 Å².